The maximum Gasteiger partial charge on any atom is 0.293 e. The zero-order chi connectivity index (χ0) is 28.8. The van der Waals surface area contributed by atoms with Gasteiger partial charge >= 0.3 is 0 Å². The Labute approximate surface area is 239 Å². The molecule has 1 heterocycles. The van der Waals surface area contributed by atoms with Crippen LogP contribution in [0.25, 0.3) is 6.08 Å². The van der Waals surface area contributed by atoms with Crippen molar-refractivity contribution < 1.29 is 23.9 Å². The van der Waals surface area contributed by atoms with Crippen LogP contribution in [0.3, 0.4) is 0 Å². The number of nitrogens with one attached hydrogen (secondary N) is 1. The molecular weight excluding hydrogens is 524 g/mol. The predicted octanol–water partition coefficient (Wildman–Crippen LogP) is 6.87. The van der Waals surface area contributed by atoms with Gasteiger partial charge in [0.25, 0.3) is 17.1 Å². The molecular formula is C32H34N2O5S. The fourth-order valence-electron chi connectivity index (χ4n) is 4.25. The maximum absolute atomic E-state index is 13.0. The van der Waals surface area contributed by atoms with Crippen molar-refractivity contribution in [2.24, 2.45) is 0 Å². The monoisotopic (exact) mass is 558 g/mol. The third kappa shape index (κ3) is 7.12. The van der Waals surface area contributed by atoms with Gasteiger partial charge in [0, 0.05) is 5.69 Å². The molecule has 3 amide bonds. The summed E-state index contributed by atoms with van der Waals surface area (Å²) in [7, 11) is 0. The third-order valence-electron chi connectivity index (χ3n) is 6.64. The summed E-state index contributed by atoms with van der Waals surface area (Å²) in [4.78, 5) is 39.6. The van der Waals surface area contributed by atoms with Crippen molar-refractivity contribution in [1.29, 1.82) is 0 Å². The number of rotatable bonds is 10. The second-order valence-electron chi connectivity index (χ2n) is 10.0. The number of imide groups is 1. The van der Waals surface area contributed by atoms with Gasteiger partial charge in [0.2, 0.25) is 0 Å². The average molecular weight is 559 g/mol. The molecule has 8 heteroatoms. The number of carbonyl (C=O) groups excluding carboxylic acids is 3. The lowest BCUT2D eigenvalue weighted by Crippen LogP contribution is -2.32. The molecule has 40 heavy (non-hydrogen) atoms. The largest absolute Gasteiger partial charge is 0.491 e. The Balaban J connectivity index is 1.34. The lowest BCUT2D eigenvalue weighted by Gasteiger charge is -2.17. The number of hydrogen-bond acceptors (Lipinski definition) is 6. The number of thioether (sulfide) groups is 1. The van der Waals surface area contributed by atoms with E-state index >= 15 is 0 Å². The molecule has 4 rings (SSSR count). The van der Waals surface area contributed by atoms with Crippen molar-refractivity contribution in [1.82, 2.24) is 4.90 Å². The molecule has 0 radical (unpaired) electrons. The van der Waals surface area contributed by atoms with E-state index in [9.17, 15) is 14.4 Å². The van der Waals surface area contributed by atoms with Gasteiger partial charge in [0.15, 0.2) is 6.61 Å². The van der Waals surface area contributed by atoms with E-state index in [0.29, 0.717) is 22.1 Å². The normalized spacial score (nSPS) is 14.2. The Morgan fingerprint density at radius 2 is 1.77 bits per heavy atom. The minimum atomic E-state index is -0.355. The third-order valence-corrected chi connectivity index (χ3v) is 7.55. The van der Waals surface area contributed by atoms with E-state index in [-0.39, 0.29) is 36.8 Å². The molecule has 1 fully saturated rings. The van der Waals surface area contributed by atoms with Crippen molar-refractivity contribution in [3.05, 3.63) is 93.4 Å². The summed E-state index contributed by atoms with van der Waals surface area (Å²) in [5, 5.41) is 2.54. The topological polar surface area (TPSA) is 84.9 Å². The maximum atomic E-state index is 13.0. The van der Waals surface area contributed by atoms with Crippen molar-refractivity contribution >= 4 is 40.6 Å². The van der Waals surface area contributed by atoms with Crippen LogP contribution in [-0.2, 0) is 9.59 Å². The first-order chi connectivity index (χ1) is 19.1. The highest BCUT2D eigenvalue weighted by Crippen LogP contribution is 2.33. The first-order valence-corrected chi connectivity index (χ1v) is 14.0. The van der Waals surface area contributed by atoms with Gasteiger partial charge in [-0.1, -0.05) is 50.2 Å². The minimum absolute atomic E-state index is 0.159. The highest BCUT2D eigenvalue weighted by molar-refractivity contribution is 8.18. The summed E-state index contributed by atoms with van der Waals surface area (Å²) in [5.41, 5.74) is 5.72. The van der Waals surface area contributed by atoms with Crippen LogP contribution in [0.5, 0.6) is 11.5 Å². The zero-order valence-electron chi connectivity index (χ0n) is 23.4. The van der Waals surface area contributed by atoms with Crippen LogP contribution in [0.15, 0.2) is 65.6 Å². The van der Waals surface area contributed by atoms with Gasteiger partial charge in [-0.25, -0.2) is 0 Å². The lowest BCUT2D eigenvalue weighted by molar-refractivity contribution is -0.123. The number of aryl methyl sites for hydroxylation is 2. The lowest BCUT2D eigenvalue weighted by atomic mass is 10.0. The van der Waals surface area contributed by atoms with E-state index < -0.39 is 0 Å². The van der Waals surface area contributed by atoms with Gasteiger partial charge in [-0.3, -0.25) is 19.3 Å². The summed E-state index contributed by atoms with van der Waals surface area (Å²) < 4.78 is 11.7. The number of hydrogen-bond donors (Lipinski definition) is 1. The highest BCUT2D eigenvalue weighted by Gasteiger charge is 2.34. The fourth-order valence-corrected chi connectivity index (χ4v) is 5.12. The van der Waals surface area contributed by atoms with Gasteiger partial charge in [0.05, 0.1) is 11.4 Å². The van der Waals surface area contributed by atoms with Gasteiger partial charge in [0.1, 0.15) is 18.1 Å². The molecule has 0 aromatic heterocycles. The molecule has 0 bridgehead atoms. The Bertz CT molecular complexity index is 1460. The summed E-state index contributed by atoms with van der Waals surface area (Å²) in [6.07, 6.45) is 1.66. The summed E-state index contributed by atoms with van der Waals surface area (Å²) >= 11 is 0.899. The van der Waals surface area contributed by atoms with Crippen molar-refractivity contribution in [2.45, 2.75) is 40.5 Å². The van der Waals surface area contributed by atoms with Crippen LogP contribution in [0.4, 0.5) is 10.5 Å². The van der Waals surface area contributed by atoms with Crippen molar-refractivity contribution in [2.75, 3.05) is 25.1 Å². The number of nitrogens with zero attached hydrogens (tertiary/aromatic N) is 1. The molecule has 1 aliphatic rings. The van der Waals surface area contributed by atoms with Gasteiger partial charge in [-0.05, 0) is 96.6 Å². The molecule has 1 aliphatic heterocycles. The van der Waals surface area contributed by atoms with E-state index in [1.165, 1.54) is 4.90 Å². The van der Waals surface area contributed by atoms with Crippen LogP contribution in [0.1, 0.15) is 47.6 Å². The first-order valence-electron chi connectivity index (χ1n) is 13.2. The van der Waals surface area contributed by atoms with E-state index in [1.54, 1.807) is 24.3 Å². The second-order valence-corrected chi connectivity index (χ2v) is 11.0. The number of benzene rings is 3. The fraction of sp³-hybridized carbons (Fsp3) is 0.281. The van der Waals surface area contributed by atoms with Gasteiger partial charge in [-0.2, -0.15) is 0 Å². The van der Waals surface area contributed by atoms with Crippen LogP contribution >= 0.6 is 11.8 Å². The molecule has 0 spiro atoms. The average Bonchev–Trinajstić information content (AvgIpc) is 3.17. The Hall–Kier alpha value is -4.04. The van der Waals surface area contributed by atoms with E-state index in [0.717, 1.165) is 45.5 Å². The molecule has 1 saturated heterocycles. The second kappa shape index (κ2) is 12.9. The van der Waals surface area contributed by atoms with Gasteiger partial charge in [-0.15, -0.1) is 0 Å². The molecule has 7 nitrogen and oxygen atoms in total. The summed E-state index contributed by atoms with van der Waals surface area (Å²) in [6.45, 7) is 10.3. The van der Waals surface area contributed by atoms with Crippen LogP contribution in [0.2, 0.25) is 0 Å². The molecule has 3 aromatic carbocycles. The predicted molar refractivity (Wildman–Crippen MR) is 160 cm³/mol. The van der Waals surface area contributed by atoms with E-state index in [2.05, 4.69) is 19.2 Å². The molecule has 208 valence electrons. The molecule has 1 N–H and O–H groups in total. The Morgan fingerprint density at radius 1 is 1.00 bits per heavy atom. The van der Waals surface area contributed by atoms with Gasteiger partial charge < -0.3 is 14.8 Å². The molecule has 0 saturated carbocycles. The standard InChI is InChI=1S/C32H34N2O5S/c1-20(2)26-13-12-21(3)16-28(26)38-15-14-34-31(36)29(40-32(34)37)18-24-9-7-10-25(17-24)39-19-30(35)33-27-11-6-8-22(4)23(27)5/h6-13,16-18,20H,14-15,19H2,1-5H3,(H,33,35)/b29-18-. The smallest absolute Gasteiger partial charge is 0.293 e. The number of carbonyl (C=O) groups is 3. The molecule has 0 atom stereocenters. The summed E-state index contributed by atoms with van der Waals surface area (Å²) in [6, 6.07) is 18.9. The molecule has 3 aromatic rings. The highest BCUT2D eigenvalue weighted by atomic mass is 32.2. The molecule has 0 unspecified atom stereocenters. The Kier molecular flexibility index (Phi) is 9.32. The quantitative estimate of drug-likeness (QED) is 0.274. The van der Waals surface area contributed by atoms with Crippen LogP contribution in [0, 0.1) is 20.8 Å². The minimum Gasteiger partial charge on any atom is -0.491 e. The van der Waals surface area contributed by atoms with Crippen molar-refractivity contribution in [3.8, 4) is 11.5 Å². The number of anilines is 1. The number of ether oxygens (including phenoxy) is 2. The van der Waals surface area contributed by atoms with Crippen LogP contribution < -0.4 is 14.8 Å². The zero-order valence-corrected chi connectivity index (χ0v) is 24.3. The number of amides is 3. The van der Waals surface area contributed by atoms with Crippen LogP contribution in [-0.4, -0.2) is 41.7 Å². The SMILES string of the molecule is Cc1ccc(C(C)C)c(OCCN2C(=O)S/C(=C\c3cccc(OCC(=O)Nc4cccc(C)c4C)c3)C2=O)c1. The Morgan fingerprint density at radius 3 is 2.55 bits per heavy atom. The summed E-state index contributed by atoms with van der Waals surface area (Å²) in [5.74, 6) is 0.926. The molecule has 0 aliphatic carbocycles. The van der Waals surface area contributed by atoms with E-state index in [1.807, 2.05) is 63.2 Å². The van der Waals surface area contributed by atoms with Crippen molar-refractivity contribution in [3.63, 3.8) is 0 Å². The van der Waals surface area contributed by atoms with E-state index in [4.69, 9.17) is 9.47 Å². The first kappa shape index (κ1) is 29.0.